The number of halogens is 1. The second-order valence-corrected chi connectivity index (χ2v) is 7.32. The van der Waals surface area contributed by atoms with Gasteiger partial charge in [0, 0.05) is 10.3 Å². The molecule has 120 valence electrons. The van der Waals surface area contributed by atoms with Gasteiger partial charge in [-0.1, -0.05) is 80.9 Å². The average Bonchev–Trinajstić information content (AvgIpc) is 2.42. The van der Waals surface area contributed by atoms with E-state index in [2.05, 4.69) is 29.5 Å². The van der Waals surface area contributed by atoms with Gasteiger partial charge in [-0.2, -0.15) is 0 Å². The molecule has 0 saturated heterocycles. The average molecular weight is 396 g/mol. The lowest BCUT2D eigenvalue weighted by atomic mass is 10.0. The van der Waals surface area contributed by atoms with Gasteiger partial charge in [-0.05, 0) is 26.2 Å². The van der Waals surface area contributed by atoms with Crippen LogP contribution in [0.5, 0.6) is 0 Å². The van der Waals surface area contributed by atoms with Gasteiger partial charge in [0.25, 0.3) is 0 Å². The smallest absolute Gasteiger partial charge is 0.305 e. The summed E-state index contributed by atoms with van der Waals surface area (Å²) >= 11 is 2.54. The summed E-state index contributed by atoms with van der Waals surface area (Å²) in [4.78, 5) is 11.2. The summed E-state index contributed by atoms with van der Waals surface area (Å²) in [5.41, 5.74) is 0. The lowest BCUT2D eigenvalue weighted by molar-refractivity contribution is -0.143. The van der Waals surface area contributed by atoms with Crippen molar-refractivity contribution in [3.05, 3.63) is 0 Å². The highest BCUT2D eigenvalue weighted by Gasteiger charge is 2.06. The van der Waals surface area contributed by atoms with Crippen LogP contribution < -0.4 is 0 Å². The number of carbonyl (C=O) groups is 1. The van der Waals surface area contributed by atoms with Crippen molar-refractivity contribution in [2.75, 3.05) is 6.61 Å². The van der Waals surface area contributed by atoms with E-state index in [1.165, 1.54) is 57.8 Å². The van der Waals surface area contributed by atoms with Crippen molar-refractivity contribution < 1.29 is 9.53 Å². The summed E-state index contributed by atoms with van der Waals surface area (Å²) in [6.45, 7) is 4.63. The molecule has 3 heteroatoms. The predicted molar refractivity (Wildman–Crippen MR) is 95.5 cm³/mol. The third-order valence-corrected chi connectivity index (χ3v) is 4.82. The Balaban J connectivity index is 3.24. The van der Waals surface area contributed by atoms with Crippen LogP contribution in [0, 0.1) is 0 Å². The molecule has 0 saturated carbocycles. The Kier molecular flexibility index (Phi) is 15.7. The lowest BCUT2D eigenvalue weighted by Crippen LogP contribution is -2.05. The van der Waals surface area contributed by atoms with Crippen LogP contribution >= 0.6 is 22.6 Å². The molecule has 0 aliphatic heterocycles. The van der Waals surface area contributed by atoms with Crippen LogP contribution in [0.2, 0.25) is 0 Å². The van der Waals surface area contributed by atoms with Crippen LogP contribution in [0.1, 0.15) is 90.9 Å². The van der Waals surface area contributed by atoms with Gasteiger partial charge in [0.05, 0.1) is 6.61 Å². The van der Waals surface area contributed by atoms with Crippen LogP contribution in [-0.2, 0) is 9.53 Å². The summed E-state index contributed by atoms with van der Waals surface area (Å²) < 4.78 is 5.66. The number of ether oxygens (including phenoxy) is 1. The van der Waals surface area contributed by atoms with Gasteiger partial charge in [0.15, 0.2) is 0 Å². The summed E-state index contributed by atoms with van der Waals surface area (Å²) in [6.07, 6.45) is 15.1. The molecule has 0 heterocycles. The highest BCUT2D eigenvalue weighted by atomic mass is 127. The number of hydrogen-bond acceptors (Lipinski definition) is 2. The second kappa shape index (κ2) is 15.6. The molecule has 2 nitrogen and oxygen atoms in total. The van der Waals surface area contributed by atoms with Crippen molar-refractivity contribution in [2.24, 2.45) is 0 Å². The Hall–Kier alpha value is 0.200. The largest absolute Gasteiger partial charge is 0.466 e. The zero-order valence-electron chi connectivity index (χ0n) is 13.5. The van der Waals surface area contributed by atoms with Crippen molar-refractivity contribution >= 4 is 28.6 Å². The molecule has 0 rings (SSSR count). The summed E-state index contributed by atoms with van der Waals surface area (Å²) in [5.74, 6) is -0.0387. The standard InChI is InChI=1S/C17H33IO2/c1-3-5-6-7-8-9-10-11-13-16(18)14-12-15-17(19)20-4-2/h16H,3-15H2,1-2H3. The van der Waals surface area contributed by atoms with E-state index in [1.807, 2.05) is 6.92 Å². The lowest BCUT2D eigenvalue weighted by Gasteiger charge is -2.09. The van der Waals surface area contributed by atoms with E-state index in [4.69, 9.17) is 4.74 Å². The maximum Gasteiger partial charge on any atom is 0.305 e. The zero-order valence-corrected chi connectivity index (χ0v) is 15.6. The van der Waals surface area contributed by atoms with Crippen LogP contribution in [0.25, 0.3) is 0 Å². The van der Waals surface area contributed by atoms with E-state index in [-0.39, 0.29) is 5.97 Å². The van der Waals surface area contributed by atoms with Gasteiger partial charge < -0.3 is 4.74 Å². The molecule has 0 aliphatic rings. The number of hydrogen-bond donors (Lipinski definition) is 0. The Labute approximate surface area is 139 Å². The van der Waals surface area contributed by atoms with E-state index < -0.39 is 0 Å². The van der Waals surface area contributed by atoms with E-state index in [1.54, 1.807) is 0 Å². The number of carbonyl (C=O) groups excluding carboxylic acids is 1. The molecule has 0 N–H and O–H groups in total. The Bertz CT molecular complexity index is 219. The zero-order chi connectivity index (χ0) is 15.1. The van der Waals surface area contributed by atoms with Crippen molar-refractivity contribution in [2.45, 2.75) is 94.8 Å². The molecule has 0 amide bonds. The molecule has 0 aliphatic carbocycles. The maximum atomic E-state index is 11.2. The first-order valence-electron chi connectivity index (χ1n) is 8.50. The molecule has 0 aromatic rings. The first kappa shape index (κ1) is 20.2. The van der Waals surface area contributed by atoms with E-state index in [0.29, 0.717) is 13.0 Å². The third-order valence-electron chi connectivity index (χ3n) is 3.57. The first-order valence-corrected chi connectivity index (χ1v) is 9.75. The van der Waals surface area contributed by atoms with Crippen LogP contribution in [-0.4, -0.2) is 16.5 Å². The molecule has 0 bridgehead atoms. The third kappa shape index (κ3) is 14.6. The molecular weight excluding hydrogens is 363 g/mol. The Morgan fingerprint density at radius 2 is 1.45 bits per heavy atom. The summed E-state index contributed by atoms with van der Waals surface area (Å²) in [5, 5.41) is 0. The Morgan fingerprint density at radius 3 is 2.05 bits per heavy atom. The van der Waals surface area contributed by atoms with Gasteiger partial charge in [-0.3, -0.25) is 4.79 Å². The molecule has 20 heavy (non-hydrogen) atoms. The normalized spacial score (nSPS) is 12.3. The van der Waals surface area contributed by atoms with E-state index in [9.17, 15) is 4.79 Å². The maximum absolute atomic E-state index is 11.2. The Morgan fingerprint density at radius 1 is 0.900 bits per heavy atom. The fraction of sp³-hybridized carbons (Fsp3) is 0.941. The van der Waals surface area contributed by atoms with E-state index in [0.717, 1.165) is 16.8 Å². The molecule has 1 atom stereocenters. The monoisotopic (exact) mass is 396 g/mol. The predicted octanol–water partition coefficient (Wildman–Crippen LogP) is 6.05. The van der Waals surface area contributed by atoms with E-state index >= 15 is 0 Å². The second-order valence-electron chi connectivity index (χ2n) is 5.56. The van der Waals surface area contributed by atoms with Gasteiger partial charge >= 0.3 is 5.97 Å². The topological polar surface area (TPSA) is 26.3 Å². The summed E-state index contributed by atoms with van der Waals surface area (Å²) in [7, 11) is 0. The summed E-state index contributed by atoms with van der Waals surface area (Å²) in [6, 6.07) is 0. The highest BCUT2D eigenvalue weighted by Crippen LogP contribution is 2.19. The quantitative estimate of drug-likeness (QED) is 0.155. The van der Waals surface area contributed by atoms with Gasteiger partial charge in [-0.25, -0.2) is 0 Å². The van der Waals surface area contributed by atoms with Gasteiger partial charge in [-0.15, -0.1) is 0 Å². The number of esters is 1. The molecule has 0 aromatic heterocycles. The molecule has 0 aromatic carbocycles. The molecule has 0 spiro atoms. The molecule has 0 radical (unpaired) electrons. The van der Waals surface area contributed by atoms with Crippen molar-refractivity contribution in [1.82, 2.24) is 0 Å². The first-order chi connectivity index (χ1) is 9.70. The van der Waals surface area contributed by atoms with Crippen LogP contribution in [0.15, 0.2) is 0 Å². The molecular formula is C17H33IO2. The van der Waals surface area contributed by atoms with Gasteiger partial charge in [0.1, 0.15) is 0 Å². The minimum absolute atomic E-state index is 0.0387. The van der Waals surface area contributed by atoms with Crippen molar-refractivity contribution in [3.63, 3.8) is 0 Å². The van der Waals surface area contributed by atoms with Crippen LogP contribution in [0.4, 0.5) is 0 Å². The van der Waals surface area contributed by atoms with Gasteiger partial charge in [0.2, 0.25) is 0 Å². The molecule has 0 fully saturated rings. The number of unbranched alkanes of at least 4 members (excludes halogenated alkanes) is 7. The van der Waals surface area contributed by atoms with Crippen molar-refractivity contribution in [3.8, 4) is 0 Å². The SMILES string of the molecule is CCCCCCCCCCC(I)CCCC(=O)OCC. The number of rotatable bonds is 14. The fourth-order valence-corrected chi connectivity index (χ4v) is 3.23. The minimum Gasteiger partial charge on any atom is -0.466 e. The van der Waals surface area contributed by atoms with Crippen LogP contribution in [0.3, 0.4) is 0 Å². The highest BCUT2D eigenvalue weighted by molar-refractivity contribution is 14.1. The number of alkyl halides is 1. The van der Waals surface area contributed by atoms with Crippen molar-refractivity contribution in [1.29, 1.82) is 0 Å². The minimum atomic E-state index is -0.0387. The fourth-order valence-electron chi connectivity index (χ4n) is 2.35. The molecule has 1 unspecified atom stereocenters.